The highest BCUT2D eigenvalue weighted by atomic mass is 31.2. The second-order valence-corrected chi connectivity index (χ2v) is 20.3. The molecule has 2 atom stereocenters. The highest BCUT2D eigenvalue weighted by Crippen LogP contribution is 2.43. The van der Waals surface area contributed by atoms with Crippen molar-refractivity contribution in [3.63, 3.8) is 0 Å². The summed E-state index contributed by atoms with van der Waals surface area (Å²) in [6.07, 6.45) is 73.9. The Labute approximate surface area is 424 Å². The Bertz CT molecular complexity index is 1510. The van der Waals surface area contributed by atoms with Gasteiger partial charge in [-0.25, -0.2) is 4.57 Å². The summed E-state index contributed by atoms with van der Waals surface area (Å²) in [7, 11) is 1.63. The second kappa shape index (κ2) is 51.3. The number of rotatable bonds is 49. The van der Waals surface area contributed by atoms with Gasteiger partial charge >= 0.3 is 13.8 Å². The number of phosphoric ester groups is 1. The van der Waals surface area contributed by atoms with Crippen LogP contribution in [0.25, 0.3) is 0 Å². The van der Waals surface area contributed by atoms with Gasteiger partial charge in [0.2, 0.25) is 0 Å². The van der Waals surface area contributed by atoms with Crippen LogP contribution in [-0.4, -0.2) is 75.6 Å². The van der Waals surface area contributed by atoms with Gasteiger partial charge in [-0.3, -0.25) is 13.8 Å². The predicted octanol–water partition coefficient (Wildman–Crippen LogP) is 17.3. The molecular formula is C60H103NO7P+. The minimum Gasteiger partial charge on any atom is -0.457 e. The molecule has 394 valence electrons. The first-order valence-corrected chi connectivity index (χ1v) is 28.8. The van der Waals surface area contributed by atoms with Crippen LogP contribution in [0.5, 0.6) is 0 Å². The minimum absolute atomic E-state index is 0.0764. The van der Waals surface area contributed by atoms with Crippen LogP contribution in [0.4, 0.5) is 0 Å². The van der Waals surface area contributed by atoms with E-state index in [2.05, 4.69) is 135 Å². The topological polar surface area (TPSA) is 91.3 Å². The van der Waals surface area contributed by atoms with E-state index in [1.54, 1.807) is 0 Å². The van der Waals surface area contributed by atoms with Crippen LogP contribution < -0.4 is 0 Å². The first-order valence-electron chi connectivity index (χ1n) is 27.3. The number of carbonyl (C=O) groups excluding carboxylic acids is 1. The van der Waals surface area contributed by atoms with Crippen molar-refractivity contribution in [2.45, 2.75) is 200 Å². The van der Waals surface area contributed by atoms with Crippen molar-refractivity contribution in [1.29, 1.82) is 0 Å². The number of nitrogens with zero attached hydrogens (tertiary/aromatic N) is 1. The number of likely N-dealkylation sites (N-methyl/N-ethyl adjacent to an activating group) is 1. The van der Waals surface area contributed by atoms with Gasteiger partial charge in [0.15, 0.2) is 0 Å². The van der Waals surface area contributed by atoms with Crippen LogP contribution in [0.15, 0.2) is 122 Å². The molecular weight excluding hydrogens is 878 g/mol. The van der Waals surface area contributed by atoms with Crippen LogP contribution in [0, 0.1) is 0 Å². The molecule has 0 aliphatic rings. The lowest BCUT2D eigenvalue weighted by atomic mass is 10.1. The number of quaternary nitrogens is 1. The summed E-state index contributed by atoms with van der Waals surface area (Å²) in [6.45, 7) is 5.34. The average Bonchev–Trinajstić information content (AvgIpc) is 3.31. The smallest absolute Gasteiger partial charge is 0.457 e. The molecule has 0 aromatic carbocycles. The van der Waals surface area contributed by atoms with Gasteiger partial charge in [0.05, 0.1) is 34.4 Å². The molecule has 0 amide bonds. The van der Waals surface area contributed by atoms with Crippen LogP contribution >= 0.6 is 7.82 Å². The van der Waals surface area contributed by atoms with E-state index >= 15 is 0 Å². The Kier molecular flexibility index (Phi) is 49.0. The molecule has 69 heavy (non-hydrogen) atoms. The molecule has 0 rings (SSSR count). The number of carbonyl (C=O) groups is 1. The number of hydrogen-bond donors (Lipinski definition) is 1. The maximum Gasteiger partial charge on any atom is 0.472 e. The quantitative estimate of drug-likeness (QED) is 0.0213. The van der Waals surface area contributed by atoms with Crippen LogP contribution in [-0.2, 0) is 27.9 Å². The van der Waals surface area contributed by atoms with Gasteiger partial charge in [-0.15, -0.1) is 0 Å². The lowest BCUT2D eigenvalue weighted by Crippen LogP contribution is -2.37. The monoisotopic (exact) mass is 981 g/mol. The third-order valence-corrected chi connectivity index (χ3v) is 12.0. The average molecular weight is 981 g/mol. The van der Waals surface area contributed by atoms with Gasteiger partial charge in [0, 0.05) is 13.0 Å². The van der Waals surface area contributed by atoms with E-state index in [0.717, 1.165) is 116 Å². The Morgan fingerprint density at radius 2 is 0.797 bits per heavy atom. The standard InChI is InChI=1S/C60H102NO7P/c1-6-8-10-12-14-16-18-20-22-24-26-28-29-30-31-32-34-36-38-40-42-44-46-48-50-52-55-65-57-59(58-67-69(63,64)66-56-54-61(3,4)5)68-60(62)53-51-49-47-45-43-41-39-37-35-33-27-25-23-21-19-17-15-13-11-9-7-2/h8-11,14-17,20-23,26-28,30-31,33,37,39,59H,6-7,12-13,18-19,24-25,29,32,34-36,38,40-58H2,1-5H3/p+1/b10-8-,11-9-,16-14-,17-15-,22-20-,23-21-,28-26-,31-30-,33-27-,39-37-. The summed E-state index contributed by atoms with van der Waals surface area (Å²) in [6, 6.07) is 0. The van der Waals surface area contributed by atoms with E-state index in [4.69, 9.17) is 18.5 Å². The third-order valence-electron chi connectivity index (χ3n) is 11.0. The zero-order valence-corrected chi connectivity index (χ0v) is 45.6. The molecule has 1 N–H and O–H groups in total. The van der Waals surface area contributed by atoms with E-state index in [0.29, 0.717) is 24.1 Å². The number of hydrogen-bond acceptors (Lipinski definition) is 6. The first kappa shape index (κ1) is 65.9. The Morgan fingerprint density at radius 1 is 0.449 bits per heavy atom. The maximum absolute atomic E-state index is 12.8. The Balaban J connectivity index is 4.19. The van der Waals surface area contributed by atoms with Gasteiger partial charge in [-0.1, -0.05) is 206 Å². The van der Waals surface area contributed by atoms with Gasteiger partial charge in [0.1, 0.15) is 19.3 Å². The van der Waals surface area contributed by atoms with Crippen molar-refractivity contribution in [3.8, 4) is 0 Å². The van der Waals surface area contributed by atoms with Crippen LogP contribution in [0.3, 0.4) is 0 Å². The fourth-order valence-corrected chi connectivity index (χ4v) is 7.64. The molecule has 0 saturated carbocycles. The number of esters is 1. The van der Waals surface area contributed by atoms with Gasteiger partial charge in [-0.05, 0) is 103 Å². The van der Waals surface area contributed by atoms with Crippen molar-refractivity contribution >= 4 is 13.8 Å². The molecule has 0 bridgehead atoms. The summed E-state index contributed by atoms with van der Waals surface area (Å²) in [4.78, 5) is 23.1. The molecule has 0 aromatic heterocycles. The van der Waals surface area contributed by atoms with Gasteiger partial charge in [0.25, 0.3) is 0 Å². The number of ether oxygens (including phenoxy) is 2. The van der Waals surface area contributed by atoms with Crippen molar-refractivity contribution in [3.05, 3.63) is 122 Å². The van der Waals surface area contributed by atoms with Gasteiger partial charge in [-0.2, -0.15) is 0 Å². The lowest BCUT2D eigenvalue weighted by Gasteiger charge is -2.24. The Morgan fingerprint density at radius 3 is 1.19 bits per heavy atom. The number of phosphoric acid groups is 1. The van der Waals surface area contributed by atoms with E-state index < -0.39 is 13.9 Å². The summed E-state index contributed by atoms with van der Waals surface area (Å²) in [5.74, 6) is -0.338. The zero-order valence-electron chi connectivity index (χ0n) is 44.8. The molecule has 0 radical (unpaired) electrons. The first-order chi connectivity index (χ1) is 33.6. The molecule has 0 aliphatic heterocycles. The summed E-state index contributed by atoms with van der Waals surface area (Å²) in [5.41, 5.74) is 0. The highest BCUT2D eigenvalue weighted by Gasteiger charge is 2.26. The molecule has 0 saturated heterocycles. The maximum atomic E-state index is 12.8. The fraction of sp³-hybridized carbons (Fsp3) is 0.650. The van der Waals surface area contributed by atoms with Crippen molar-refractivity contribution < 1.29 is 37.3 Å². The summed E-state index contributed by atoms with van der Waals surface area (Å²) in [5, 5.41) is 0. The molecule has 2 unspecified atom stereocenters. The molecule has 8 nitrogen and oxygen atoms in total. The van der Waals surface area contributed by atoms with Gasteiger partial charge < -0.3 is 18.9 Å². The van der Waals surface area contributed by atoms with E-state index in [1.807, 2.05) is 21.1 Å². The van der Waals surface area contributed by atoms with E-state index in [9.17, 15) is 14.3 Å². The molecule has 0 fully saturated rings. The van der Waals surface area contributed by atoms with Crippen LogP contribution in [0.2, 0.25) is 0 Å². The lowest BCUT2D eigenvalue weighted by molar-refractivity contribution is -0.870. The second-order valence-electron chi connectivity index (χ2n) is 18.8. The summed E-state index contributed by atoms with van der Waals surface area (Å²) >= 11 is 0. The predicted molar refractivity (Wildman–Crippen MR) is 297 cm³/mol. The fourth-order valence-electron chi connectivity index (χ4n) is 6.90. The van der Waals surface area contributed by atoms with E-state index in [1.165, 1.54) is 57.8 Å². The molecule has 9 heteroatoms. The zero-order chi connectivity index (χ0) is 50.5. The SMILES string of the molecule is CC/C=C\C/C=C\C/C=C\C/C=C\C/C=C\CCCCCCCCCCCCOCC(COP(=O)(O)OCC[N+](C)(C)C)OC(=O)CCCCCCC/C=C\C/C=C\C/C=C\C/C=C\C/C=C\CC. The molecule has 0 aromatic rings. The molecule has 0 aliphatic carbocycles. The third kappa shape index (κ3) is 55.7. The minimum atomic E-state index is -4.30. The molecule has 0 heterocycles. The van der Waals surface area contributed by atoms with Crippen molar-refractivity contribution in [1.82, 2.24) is 0 Å². The number of allylic oxidation sites excluding steroid dienone is 20. The normalized spacial score (nSPS) is 14.5. The Hall–Kier alpha value is -3.10. The molecule has 0 spiro atoms. The van der Waals surface area contributed by atoms with Crippen LogP contribution in [0.1, 0.15) is 194 Å². The number of unbranched alkanes of at least 4 members (excludes halogenated alkanes) is 15. The highest BCUT2D eigenvalue weighted by molar-refractivity contribution is 7.47. The largest absolute Gasteiger partial charge is 0.472 e. The van der Waals surface area contributed by atoms with E-state index in [-0.39, 0.29) is 25.8 Å². The van der Waals surface area contributed by atoms with Crippen molar-refractivity contribution in [2.24, 2.45) is 0 Å². The van der Waals surface area contributed by atoms with Crippen molar-refractivity contribution in [2.75, 3.05) is 54.1 Å². The summed E-state index contributed by atoms with van der Waals surface area (Å²) < 4.78 is 35.2.